The van der Waals surface area contributed by atoms with E-state index >= 15 is 0 Å². The molecule has 0 bridgehead atoms. The van der Waals surface area contributed by atoms with Crippen molar-refractivity contribution in [3.63, 3.8) is 0 Å². The largest absolute Gasteiger partial charge is 0.524 e. The number of benzene rings is 1. The van der Waals surface area contributed by atoms with E-state index in [1.165, 1.54) is 16.8 Å². The fourth-order valence-electron chi connectivity index (χ4n) is 4.51. The molecule has 0 saturated carbocycles. The Morgan fingerprint density at radius 2 is 2.08 bits per heavy atom. The van der Waals surface area contributed by atoms with Crippen LogP contribution in [0.3, 0.4) is 0 Å². The summed E-state index contributed by atoms with van der Waals surface area (Å²) in [6.45, 7) is 9.59. The normalized spacial score (nSPS) is 25.8. The van der Waals surface area contributed by atoms with Crippen LogP contribution in [0.1, 0.15) is 37.4 Å². The van der Waals surface area contributed by atoms with Crippen LogP contribution in [0.15, 0.2) is 41.8 Å². The highest BCUT2D eigenvalue weighted by molar-refractivity contribution is 5.66. The van der Waals surface area contributed by atoms with Crippen LogP contribution in [0.5, 0.6) is 0 Å². The molecule has 2 aliphatic carbocycles. The lowest BCUT2D eigenvalue weighted by Gasteiger charge is -2.43. The minimum absolute atomic E-state index is 0.162. The minimum atomic E-state index is -0.162. The average molecular weight is 319 g/mol. The monoisotopic (exact) mass is 319 g/mol. The maximum atomic E-state index is 10.1. The van der Waals surface area contributed by atoms with Crippen LogP contribution < -0.4 is 0 Å². The summed E-state index contributed by atoms with van der Waals surface area (Å²) in [6, 6.07) is 10.4. The Morgan fingerprint density at radius 1 is 1.33 bits per heavy atom. The van der Waals surface area contributed by atoms with E-state index in [0.29, 0.717) is 24.5 Å². The van der Waals surface area contributed by atoms with E-state index in [-0.39, 0.29) is 11.2 Å². The molecule has 1 heterocycles. The van der Waals surface area contributed by atoms with Crippen LogP contribution in [0, 0.1) is 12.5 Å². The number of hydrogen-bond acceptors (Lipinski definition) is 2. The first kappa shape index (κ1) is 15.0. The predicted molar refractivity (Wildman–Crippen MR) is 93.3 cm³/mol. The fraction of sp³-hybridized carbons (Fsp3) is 0.400. The molecule has 122 valence electrons. The lowest BCUT2D eigenvalue weighted by atomic mass is 9.61. The van der Waals surface area contributed by atoms with Gasteiger partial charge in [0.15, 0.2) is 0 Å². The number of allylic oxidation sites excluding steroid dienone is 2. The molecule has 0 spiro atoms. The van der Waals surface area contributed by atoms with Crippen LogP contribution in [-0.4, -0.2) is 14.9 Å². The summed E-state index contributed by atoms with van der Waals surface area (Å²) >= 11 is 0. The van der Waals surface area contributed by atoms with E-state index in [4.69, 9.17) is 11.7 Å². The van der Waals surface area contributed by atoms with E-state index in [9.17, 15) is 5.11 Å². The molecule has 0 radical (unpaired) electrons. The van der Waals surface area contributed by atoms with Crippen molar-refractivity contribution in [3.05, 3.63) is 64.5 Å². The van der Waals surface area contributed by atoms with Gasteiger partial charge in [0.1, 0.15) is 0 Å². The van der Waals surface area contributed by atoms with Gasteiger partial charge in [-0.3, -0.25) is 4.68 Å². The summed E-state index contributed by atoms with van der Waals surface area (Å²) in [6.07, 6.45) is 3.20. The molecule has 2 aliphatic rings. The van der Waals surface area contributed by atoms with Crippen molar-refractivity contribution in [2.45, 2.75) is 38.0 Å². The first-order valence-corrected chi connectivity index (χ1v) is 8.45. The lowest BCUT2D eigenvalue weighted by molar-refractivity contribution is 0.192. The van der Waals surface area contributed by atoms with Gasteiger partial charge >= 0.3 is 0 Å². The van der Waals surface area contributed by atoms with Gasteiger partial charge in [-0.25, -0.2) is 4.85 Å². The first-order valence-electron chi connectivity index (χ1n) is 8.45. The Morgan fingerprint density at radius 3 is 2.79 bits per heavy atom. The molecule has 0 unspecified atom stereocenters. The summed E-state index contributed by atoms with van der Waals surface area (Å²) in [7, 11) is 2.00. The topological polar surface area (TPSA) is 42.4 Å². The zero-order valence-corrected chi connectivity index (χ0v) is 14.1. The molecule has 0 aliphatic heterocycles. The zero-order chi connectivity index (χ0) is 16.9. The van der Waals surface area contributed by atoms with Crippen molar-refractivity contribution in [2.75, 3.05) is 0 Å². The van der Waals surface area contributed by atoms with Crippen LogP contribution in [0.25, 0.3) is 16.1 Å². The van der Waals surface area contributed by atoms with Gasteiger partial charge in [0.05, 0.1) is 23.7 Å². The number of fused-ring (bicyclic) bond motifs is 3. The third kappa shape index (κ3) is 2.01. The highest BCUT2D eigenvalue weighted by Crippen LogP contribution is 2.52. The van der Waals surface area contributed by atoms with Crippen molar-refractivity contribution in [2.24, 2.45) is 13.0 Å². The smallest absolute Gasteiger partial charge is 0.202 e. The van der Waals surface area contributed by atoms with Crippen molar-refractivity contribution in [1.82, 2.24) is 9.78 Å². The van der Waals surface area contributed by atoms with Crippen LogP contribution >= 0.6 is 0 Å². The molecule has 2 aromatic rings. The molecule has 0 saturated heterocycles. The number of nitrogens with zero attached hydrogens (tertiary/aromatic N) is 3. The molecular formula is C20H21N3O. The second kappa shape index (κ2) is 5.24. The molecule has 2 atom stereocenters. The van der Waals surface area contributed by atoms with E-state index in [2.05, 4.69) is 36.0 Å². The molecule has 1 aromatic heterocycles. The Hall–Kier alpha value is -2.54. The summed E-state index contributed by atoms with van der Waals surface area (Å²) in [5.41, 5.74) is 5.16. The standard InChI is InChI=1S/C20H21N3O/c1-20-12-16(21-2)17(24)11-14(20)9-10-15-18(23(3)22-19(15)20)13-7-5-4-6-8-13/h4-8,14,24H,9-12H2,1,3H3/t14-,20-/m0/s1. The summed E-state index contributed by atoms with van der Waals surface area (Å²) < 4.78 is 1.99. The summed E-state index contributed by atoms with van der Waals surface area (Å²) in [4.78, 5) is 3.57. The summed E-state index contributed by atoms with van der Waals surface area (Å²) in [5, 5.41) is 15.0. The van der Waals surface area contributed by atoms with E-state index in [1.807, 2.05) is 17.8 Å². The molecule has 24 heavy (non-hydrogen) atoms. The molecule has 1 aromatic carbocycles. The van der Waals surface area contributed by atoms with Crippen molar-refractivity contribution in [3.8, 4) is 11.3 Å². The maximum Gasteiger partial charge on any atom is 0.202 e. The molecule has 4 rings (SSSR count). The predicted octanol–water partition coefficient (Wildman–Crippen LogP) is 4.39. The molecule has 0 amide bonds. The third-order valence-electron chi connectivity index (χ3n) is 5.82. The van der Waals surface area contributed by atoms with E-state index in [0.717, 1.165) is 18.5 Å². The van der Waals surface area contributed by atoms with Gasteiger partial charge in [0.2, 0.25) is 5.70 Å². The van der Waals surface area contributed by atoms with Gasteiger partial charge in [-0.2, -0.15) is 5.10 Å². The molecule has 1 N–H and O–H groups in total. The molecule has 4 nitrogen and oxygen atoms in total. The number of rotatable bonds is 1. The second-order valence-corrected chi connectivity index (χ2v) is 7.20. The van der Waals surface area contributed by atoms with Crippen molar-refractivity contribution in [1.29, 1.82) is 0 Å². The Balaban J connectivity index is 1.87. The Labute approximate surface area is 142 Å². The zero-order valence-electron chi connectivity index (χ0n) is 14.1. The summed E-state index contributed by atoms with van der Waals surface area (Å²) in [5.74, 6) is 0.643. The van der Waals surface area contributed by atoms with Gasteiger partial charge in [-0.05, 0) is 31.6 Å². The lowest BCUT2D eigenvalue weighted by Crippen LogP contribution is -2.40. The van der Waals surface area contributed by atoms with Crippen molar-refractivity contribution >= 4 is 0 Å². The second-order valence-electron chi connectivity index (χ2n) is 7.20. The third-order valence-corrected chi connectivity index (χ3v) is 5.82. The van der Waals surface area contributed by atoms with E-state index < -0.39 is 0 Å². The highest BCUT2D eigenvalue weighted by atomic mass is 16.3. The van der Waals surface area contributed by atoms with Gasteiger partial charge in [-0.1, -0.05) is 37.3 Å². The number of aromatic nitrogens is 2. The number of aliphatic hydroxyl groups is 1. The van der Waals surface area contributed by atoms with Gasteiger partial charge in [0, 0.05) is 23.6 Å². The quantitative estimate of drug-likeness (QED) is 0.792. The van der Waals surface area contributed by atoms with Gasteiger partial charge in [-0.15, -0.1) is 0 Å². The number of aryl methyl sites for hydroxylation is 1. The first-order chi connectivity index (χ1) is 11.5. The number of aliphatic hydroxyl groups excluding tert-OH is 1. The molecular weight excluding hydrogens is 298 g/mol. The SMILES string of the molecule is [C-]#[N+]C1=C(O)C[C@@H]2CCc3c(nn(C)c3-c3ccccc3)[C@@]2(C)C1. The van der Waals surface area contributed by atoms with Crippen LogP contribution in [-0.2, 0) is 18.9 Å². The van der Waals surface area contributed by atoms with E-state index in [1.54, 1.807) is 0 Å². The number of hydrogen-bond donors (Lipinski definition) is 1. The Kier molecular flexibility index (Phi) is 3.28. The van der Waals surface area contributed by atoms with Gasteiger partial charge < -0.3 is 5.11 Å². The van der Waals surface area contributed by atoms with Crippen LogP contribution in [0.2, 0.25) is 0 Å². The highest BCUT2D eigenvalue weighted by Gasteiger charge is 2.47. The Bertz CT molecular complexity index is 872. The van der Waals surface area contributed by atoms with Crippen molar-refractivity contribution < 1.29 is 5.11 Å². The fourth-order valence-corrected chi connectivity index (χ4v) is 4.51. The molecule has 0 fully saturated rings. The molecule has 4 heteroatoms. The van der Waals surface area contributed by atoms with Crippen LogP contribution in [0.4, 0.5) is 0 Å². The minimum Gasteiger partial charge on any atom is -0.524 e. The van der Waals surface area contributed by atoms with Gasteiger partial charge in [0.25, 0.3) is 0 Å². The maximum absolute atomic E-state index is 10.1. The average Bonchev–Trinajstić information content (AvgIpc) is 2.93.